The highest BCUT2D eigenvalue weighted by Crippen LogP contribution is 2.24. The van der Waals surface area contributed by atoms with E-state index in [4.69, 9.17) is 5.26 Å². The second-order valence-corrected chi connectivity index (χ2v) is 6.18. The number of hydrogen-bond donors (Lipinski definition) is 0. The van der Waals surface area contributed by atoms with E-state index in [1.807, 2.05) is 6.92 Å². The van der Waals surface area contributed by atoms with Gasteiger partial charge in [0.2, 0.25) is 0 Å². The van der Waals surface area contributed by atoms with E-state index in [0.29, 0.717) is 36.3 Å². The monoisotopic (exact) mass is 341 g/mol. The van der Waals surface area contributed by atoms with Crippen molar-refractivity contribution in [3.05, 3.63) is 42.0 Å². The van der Waals surface area contributed by atoms with Crippen LogP contribution in [0, 0.1) is 17.3 Å². The fourth-order valence-electron chi connectivity index (χ4n) is 3.26. The van der Waals surface area contributed by atoms with E-state index < -0.39 is 5.82 Å². The molecule has 1 aliphatic rings. The van der Waals surface area contributed by atoms with Gasteiger partial charge in [0.25, 0.3) is 5.91 Å². The van der Waals surface area contributed by atoms with Gasteiger partial charge in [-0.15, -0.1) is 0 Å². The number of carbonyl (C=O) groups excluding carboxylic acids is 1. The first kappa shape index (κ1) is 17.0. The summed E-state index contributed by atoms with van der Waals surface area (Å²) < 4.78 is 16.1. The quantitative estimate of drug-likeness (QED) is 0.800. The van der Waals surface area contributed by atoms with Gasteiger partial charge in [-0.1, -0.05) is 6.07 Å². The Balaban J connectivity index is 1.82. The van der Waals surface area contributed by atoms with Crippen LogP contribution in [0.25, 0.3) is 11.1 Å². The molecule has 1 aromatic carbocycles. The average molecular weight is 341 g/mol. The lowest BCUT2D eigenvalue weighted by Gasteiger charge is -2.27. The summed E-state index contributed by atoms with van der Waals surface area (Å²) in [6, 6.07) is 4.53. The van der Waals surface area contributed by atoms with Gasteiger partial charge in [-0.3, -0.25) is 9.48 Å². The van der Waals surface area contributed by atoms with Gasteiger partial charge in [-0.05, 0) is 25.5 Å². The summed E-state index contributed by atoms with van der Waals surface area (Å²) >= 11 is 0. The summed E-state index contributed by atoms with van der Waals surface area (Å²) in [6.07, 6.45) is 6.19. The molecular weight excluding hydrogens is 321 g/mol. The summed E-state index contributed by atoms with van der Waals surface area (Å²) in [5.41, 5.74) is 1.42. The van der Waals surface area contributed by atoms with E-state index in [-0.39, 0.29) is 11.9 Å². The average Bonchev–Trinajstić information content (AvgIpc) is 3.24. The highest BCUT2D eigenvalue weighted by atomic mass is 19.1. The SMILES string of the molecule is CCN(C(=O)c1ccc(-c2cnn(C)c2)c(F)c1)C1CCN(C#N)C1. The maximum atomic E-state index is 14.5. The molecular formula is C18H20FN5O. The topological polar surface area (TPSA) is 65.2 Å². The Bertz CT molecular complexity index is 825. The van der Waals surface area contributed by atoms with Crippen LogP contribution in [0.1, 0.15) is 23.7 Å². The fraction of sp³-hybridized carbons (Fsp3) is 0.389. The molecule has 7 heteroatoms. The lowest BCUT2D eigenvalue weighted by atomic mass is 10.0. The van der Waals surface area contributed by atoms with Crippen LogP contribution in [0.4, 0.5) is 4.39 Å². The number of likely N-dealkylation sites (tertiary alicyclic amines) is 1. The lowest BCUT2D eigenvalue weighted by molar-refractivity contribution is 0.0698. The van der Waals surface area contributed by atoms with E-state index in [2.05, 4.69) is 11.3 Å². The standard InChI is InChI=1S/C18H20FN5O/c1-3-24(15-6-7-23(11-15)12-20)18(25)13-4-5-16(17(19)8-13)14-9-21-22(2)10-14/h4-5,8-10,15H,3,6-7,11H2,1-2H3. The number of amides is 1. The molecule has 0 saturated carbocycles. The predicted octanol–water partition coefficient (Wildman–Crippen LogP) is 2.24. The third-order valence-electron chi connectivity index (χ3n) is 4.58. The fourth-order valence-corrected chi connectivity index (χ4v) is 3.26. The number of halogens is 1. The van der Waals surface area contributed by atoms with Crippen molar-refractivity contribution in [1.82, 2.24) is 19.6 Å². The molecule has 1 saturated heterocycles. The minimum atomic E-state index is -0.444. The number of nitriles is 1. The first-order valence-corrected chi connectivity index (χ1v) is 8.27. The largest absolute Gasteiger partial charge is 0.334 e. The van der Waals surface area contributed by atoms with Gasteiger partial charge < -0.3 is 9.80 Å². The molecule has 1 fully saturated rings. The second-order valence-electron chi connectivity index (χ2n) is 6.18. The zero-order chi connectivity index (χ0) is 18.0. The molecule has 0 radical (unpaired) electrons. The molecule has 0 bridgehead atoms. The lowest BCUT2D eigenvalue weighted by Crippen LogP contribution is -2.41. The molecule has 6 nitrogen and oxygen atoms in total. The van der Waals surface area contributed by atoms with Crippen LogP contribution in [0.15, 0.2) is 30.6 Å². The number of aryl methyl sites for hydroxylation is 1. The molecule has 25 heavy (non-hydrogen) atoms. The number of hydrogen-bond acceptors (Lipinski definition) is 4. The molecule has 0 N–H and O–H groups in total. The number of aromatic nitrogens is 2. The normalized spacial score (nSPS) is 16.7. The third-order valence-corrected chi connectivity index (χ3v) is 4.58. The first-order chi connectivity index (χ1) is 12.0. The molecule has 3 rings (SSSR count). The molecule has 2 heterocycles. The molecule has 130 valence electrons. The minimum Gasteiger partial charge on any atom is -0.334 e. The van der Waals surface area contributed by atoms with E-state index >= 15 is 0 Å². The van der Waals surface area contributed by atoms with Crippen molar-refractivity contribution in [1.29, 1.82) is 5.26 Å². The first-order valence-electron chi connectivity index (χ1n) is 8.27. The van der Waals surface area contributed by atoms with Crippen LogP contribution < -0.4 is 0 Å². The van der Waals surface area contributed by atoms with Crippen molar-refractivity contribution in [2.75, 3.05) is 19.6 Å². The Morgan fingerprint density at radius 3 is 2.88 bits per heavy atom. The molecule has 1 aromatic heterocycles. The van der Waals surface area contributed by atoms with Crippen LogP contribution in [0.2, 0.25) is 0 Å². The summed E-state index contributed by atoms with van der Waals surface area (Å²) in [4.78, 5) is 16.2. The molecule has 2 aromatic rings. The van der Waals surface area contributed by atoms with Crippen LogP contribution in [-0.2, 0) is 7.05 Å². The number of rotatable bonds is 4. The van der Waals surface area contributed by atoms with Crippen molar-refractivity contribution < 1.29 is 9.18 Å². The van der Waals surface area contributed by atoms with Crippen LogP contribution in [0.5, 0.6) is 0 Å². The van der Waals surface area contributed by atoms with E-state index in [1.165, 1.54) is 6.07 Å². The Kier molecular flexibility index (Phi) is 4.70. The molecule has 0 spiro atoms. The Morgan fingerprint density at radius 2 is 2.32 bits per heavy atom. The highest BCUT2D eigenvalue weighted by molar-refractivity contribution is 5.95. The highest BCUT2D eigenvalue weighted by Gasteiger charge is 2.30. The van der Waals surface area contributed by atoms with Gasteiger partial charge in [-0.2, -0.15) is 10.4 Å². The van der Waals surface area contributed by atoms with Crippen molar-refractivity contribution in [3.63, 3.8) is 0 Å². The van der Waals surface area contributed by atoms with Gasteiger partial charge in [-0.25, -0.2) is 4.39 Å². The van der Waals surface area contributed by atoms with Crippen LogP contribution >= 0.6 is 0 Å². The third kappa shape index (κ3) is 3.33. The maximum Gasteiger partial charge on any atom is 0.254 e. The van der Waals surface area contributed by atoms with Crippen molar-refractivity contribution in [2.24, 2.45) is 7.05 Å². The summed E-state index contributed by atoms with van der Waals surface area (Å²) in [5, 5.41) is 13.0. The molecule has 1 aliphatic heterocycles. The Morgan fingerprint density at radius 1 is 1.52 bits per heavy atom. The van der Waals surface area contributed by atoms with Crippen LogP contribution in [0.3, 0.4) is 0 Å². The summed E-state index contributed by atoms with van der Waals surface area (Å²) in [7, 11) is 1.77. The van der Waals surface area contributed by atoms with Crippen molar-refractivity contribution >= 4 is 5.91 Å². The predicted molar refractivity (Wildman–Crippen MR) is 90.9 cm³/mol. The van der Waals surface area contributed by atoms with Crippen LogP contribution in [-0.4, -0.2) is 51.2 Å². The van der Waals surface area contributed by atoms with E-state index in [1.54, 1.807) is 46.1 Å². The number of nitrogens with zero attached hydrogens (tertiary/aromatic N) is 5. The molecule has 0 aliphatic carbocycles. The Hall–Kier alpha value is -2.88. The smallest absolute Gasteiger partial charge is 0.254 e. The van der Waals surface area contributed by atoms with Gasteiger partial charge in [0.1, 0.15) is 5.82 Å². The maximum absolute atomic E-state index is 14.5. The number of carbonyl (C=O) groups is 1. The van der Waals surface area contributed by atoms with E-state index in [0.717, 1.165) is 6.42 Å². The molecule has 1 unspecified atom stereocenters. The minimum absolute atomic E-state index is 0.0155. The zero-order valence-electron chi connectivity index (χ0n) is 14.3. The van der Waals surface area contributed by atoms with Crippen molar-refractivity contribution in [3.8, 4) is 17.3 Å². The van der Waals surface area contributed by atoms with Gasteiger partial charge >= 0.3 is 0 Å². The van der Waals surface area contributed by atoms with Gasteiger partial charge in [0, 0.05) is 49.6 Å². The Labute approximate surface area is 146 Å². The van der Waals surface area contributed by atoms with E-state index in [9.17, 15) is 9.18 Å². The zero-order valence-corrected chi connectivity index (χ0v) is 14.3. The second kappa shape index (κ2) is 6.93. The number of benzene rings is 1. The van der Waals surface area contributed by atoms with Gasteiger partial charge in [0.05, 0.1) is 12.2 Å². The molecule has 1 amide bonds. The summed E-state index contributed by atoms with van der Waals surface area (Å²) in [6.45, 7) is 3.60. The van der Waals surface area contributed by atoms with Gasteiger partial charge in [0.15, 0.2) is 6.19 Å². The number of likely N-dealkylation sites (N-methyl/N-ethyl adjacent to an activating group) is 1. The van der Waals surface area contributed by atoms with Crippen molar-refractivity contribution in [2.45, 2.75) is 19.4 Å². The summed E-state index contributed by atoms with van der Waals surface area (Å²) in [5.74, 6) is -0.649. The molecule has 1 atom stereocenters.